The molecule has 96 valence electrons. The van der Waals surface area contributed by atoms with Crippen molar-refractivity contribution >= 4 is 28.6 Å². The van der Waals surface area contributed by atoms with E-state index in [0.717, 1.165) is 23.4 Å². The molecular weight excluding hydrogens is 264 g/mol. The van der Waals surface area contributed by atoms with Gasteiger partial charge in [-0.25, -0.2) is 4.98 Å². The fourth-order valence-corrected chi connectivity index (χ4v) is 3.21. The smallest absolute Gasteiger partial charge is 0.270 e. The molecule has 0 radical (unpaired) electrons. The van der Waals surface area contributed by atoms with Crippen LogP contribution in [0.2, 0.25) is 0 Å². The summed E-state index contributed by atoms with van der Waals surface area (Å²) in [5.74, 6) is -0.0753. The monoisotopic (exact) mass is 280 g/mol. The van der Waals surface area contributed by atoms with E-state index in [2.05, 4.69) is 17.2 Å². The van der Waals surface area contributed by atoms with Gasteiger partial charge in [0.2, 0.25) is 0 Å². The highest BCUT2D eigenvalue weighted by Gasteiger charge is 2.13. The third kappa shape index (κ3) is 3.17. The molecule has 2 heterocycles. The first-order valence-corrected chi connectivity index (χ1v) is 7.82. The quantitative estimate of drug-likeness (QED) is 0.905. The summed E-state index contributed by atoms with van der Waals surface area (Å²) in [5.41, 5.74) is 1.61. The van der Waals surface area contributed by atoms with Crippen LogP contribution in [0.25, 0.3) is 10.6 Å². The van der Waals surface area contributed by atoms with E-state index >= 15 is 0 Å². The number of thiazole rings is 1. The SMILES string of the molecule is CCCC(C)NC(=O)c1csc(-c2ccsc2)n1. The van der Waals surface area contributed by atoms with Gasteiger partial charge < -0.3 is 5.32 Å². The third-order valence-corrected chi connectivity index (χ3v) is 4.18. The zero-order valence-corrected chi connectivity index (χ0v) is 12.1. The normalized spacial score (nSPS) is 12.3. The highest BCUT2D eigenvalue weighted by Crippen LogP contribution is 2.25. The molecule has 0 spiro atoms. The van der Waals surface area contributed by atoms with Gasteiger partial charge in [0.15, 0.2) is 0 Å². The van der Waals surface area contributed by atoms with E-state index in [1.807, 2.05) is 29.1 Å². The van der Waals surface area contributed by atoms with Gasteiger partial charge in [-0.3, -0.25) is 4.79 Å². The predicted octanol–water partition coefficient (Wildman–Crippen LogP) is 3.79. The summed E-state index contributed by atoms with van der Waals surface area (Å²) in [4.78, 5) is 16.3. The van der Waals surface area contributed by atoms with Crippen molar-refractivity contribution in [2.45, 2.75) is 32.7 Å². The average Bonchev–Trinajstić information content (AvgIpc) is 3.00. The minimum Gasteiger partial charge on any atom is -0.348 e. The van der Waals surface area contributed by atoms with Gasteiger partial charge in [-0.2, -0.15) is 11.3 Å². The minimum absolute atomic E-state index is 0.0753. The molecule has 0 aromatic carbocycles. The summed E-state index contributed by atoms with van der Waals surface area (Å²) in [6, 6.07) is 2.22. The van der Waals surface area contributed by atoms with Gasteiger partial charge >= 0.3 is 0 Å². The topological polar surface area (TPSA) is 42.0 Å². The first-order chi connectivity index (χ1) is 8.70. The highest BCUT2D eigenvalue weighted by atomic mass is 32.1. The Balaban J connectivity index is 2.04. The largest absolute Gasteiger partial charge is 0.348 e. The number of aromatic nitrogens is 1. The number of amides is 1. The number of nitrogens with zero attached hydrogens (tertiary/aromatic N) is 1. The molecule has 0 bridgehead atoms. The van der Waals surface area contributed by atoms with Gasteiger partial charge in [-0.15, -0.1) is 11.3 Å². The van der Waals surface area contributed by atoms with E-state index < -0.39 is 0 Å². The van der Waals surface area contributed by atoms with Crippen LogP contribution in [0.3, 0.4) is 0 Å². The maximum absolute atomic E-state index is 11.9. The Kier molecular flexibility index (Phi) is 4.49. The van der Waals surface area contributed by atoms with Gasteiger partial charge in [-0.05, 0) is 24.8 Å². The maximum atomic E-state index is 11.9. The van der Waals surface area contributed by atoms with Crippen LogP contribution in [0.1, 0.15) is 37.2 Å². The number of carbonyl (C=O) groups is 1. The molecule has 2 aromatic heterocycles. The standard InChI is InChI=1S/C13H16N2OS2/c1-3-4-9(2)14-12(16)11-8-18-13(15-11)10-5-6-17-7-10/h5-9H,3-4H2,1-2H3,(H,14,16). The lowest BCUT2D eigenvalue weighted by Gasteiger charge is -2.10. The number of nitrogens with one attached hydrogen (secondary N) is 1. The van der Waals surface area contributed by atoms with Crippen molar-refractivity contribution in [3.8, 4) is 10.6 Å². The van der Waals surface area contributed by atoms with Crippen molar-refractivity contribution in [1.82, 2.24) is 10.3 Å². The van der Waals surface area contributed by atoms with Crippen molar-refractivity contribution in [1.29, 1.82) is 0 Å². The van der Waals surface area contributed by atoms with Gasteiger partial charge in [0.05, 0.1) is 0 Å². The summed E-state index contributed by atoms with van der Waals surface area (Å²) in [6.45, 7) is 4.13. The lowest BCUT2D eigenvalue weighted by Crippen LogP contribution is -2.32. The van der Waals surface area contributed by atoms with Crippen LogP contribution in [0.4, 0.5) is 0 Å². The van der Waals surface area contributed by atoms with E-state index in [0.29, 0.717) is 5.69 Å². The predicted molar refractivity (Wildman–Crippen MR) is 77.3 cm³/mol. The molecular formula is C13H16N2OS2. The van der Waals surface area contributed by atoms with Crippen LogP contribution < -0.4 is 5.32 Å². The lowest BCUT2D eigenvalue weighted by molar-refractivity contribution is 0.0934. The summed E-state index contributed by atoms with van der Waals surface area (Å²) in [5, 5.41) is 9.75. The number of rotatable bonds is 5. The number of thiophene rings is 1. The van der Waals surface area contributed by atoms with Crippen LogP contribution in [0.5, 0.6) is 0 Å². The summed E-state index contributed by atoms with van der Waals surface area (Å²) in [6.07, 6.45) is 2.06. The highest BCUT2D eigenvalue weighted by molar-refractivity contribution is 7.14. The summed E-state index contributed by atoms with van der Waals surface area (Å²) < 4.78 is 0. The Morgan fingerprint density at radius 1 is 1.50 bits per heavy atom. The van der Waals surface area contributed by atoms with E-state index in [1.165, 1.54) is 11.3 Å². The molecule has 0 aliphatic carbocycles. The molecule has 0 aliphatic rings. The molecule has 0 saturated carbocycles. The molecule has 1 N–H and O–H groups in total. The second-order valence-corrected chi connectivity index (χ2v) is 5.85. The van der Waals surface area contributed by atoms with Gasteiger partial charge in [0.25, 0.3) is 5.91 Å². The van der Waals surface area contributed by atoms with Crippen LogP contribution in [0.15, 0.2) is 22.2 Å². The van der Waals surface area contributed by atoms with Crippen LogP contribution in [-0.2, 0) is 0 Å². The molecule has 1 amide bonds. The molecule has 18 heavy (non-hydrogen) atoms. The molecule has 2 rings (SSSR count). The Morgan fingerprint density at radius 2 is 2.33 bits per heavy atom. The second kappa shape index (κ2) is 6.11. The van der Waals surface area contributed by atoms with Crippen molar-refractivity contribution in [2.24, 2.45) is 0 Å². The Bertz CT molecular complexity index is 505. The summed E-state index contributed by atoms with van der Waals surface area (Å²) in [7, 11) is 0. The minimum atomic E-state index is -0.0753. The lowest BCUT2D eigenvalue weighted by atomic mass is 10.2. The zero-order valence-electron chi connectivity index (χ0n) is 10.5. The Labute approximate surface area is 115 Å². The van der Waals surface area contributed by atoms with Crippen molar-refractivity contribution in [3.05, 3.63) is 27.9 Å². The summed E-state index contributed by atoms with van der Waals surface area (Å²) >= 11 is 3.15. The third-order valence-electron chi connectivity index (χ3n) is 2.60. The fraction of sp³-hybridized carbons (Fsp3) is 0.385. The zero-order chi connectivity index (χ0) is 13.0. The van der Waals surface area contributed by atoms with Crippen LogP contribution in [0, 0.1) is 0 Å². The van der Waals surface area contributed by atoms with Crippen molar-refractivity contribution < 1.29 is 4.79 Å². The average molecular weight is 280 g/mol. The van der Waals surface area contributed by atoms with E-state index in [9.17, 15) is 4.79 Å². The number of carbonyl (C=O) groups excluding carboxylic acids is 1. The molecule has 1 atom stereocenters. The fourth-order valence-electron chi connectivity index (χ4n) is 1.70. The molecule has 5 heteroatoms. The number of hydrogen-bond donors (Lipinski definition) is 1. The molecule has 0 fully saturated rings. The van der Waals surface area contributed by atoms with E-state index in [-0.39, 0.29) is 11.9 Å². The maximum Gasteiger partial charge on any atom is 0.270 e. The molecule has 2 aromatic rings. The molecule has 3 nitrogen and oxygen atoms in total. The molecule has 0 aliphatic heterocycles. The van der Waals surface area contributed by atoms with E-state index in [4.69, 9.17) is 0 Å². The molecule has 1 unspecified atom stereocenters. The number of hydrogen-bond acceptors (Lipinski definition) is 4. The second-order valence-electron chi connectivity index (χ2n) is 4.21. The van der Waals surface area contributed by atoms with E-state index in [1.54, 1.807) is 11.3 Å². The first kappa shape index (κ1) is 13.2. The molecule has 0 saturated heterocycles. The van der Waals surface area contributed by atoms with Gasteiger partial charge in [-0.1, -0.05) is 13.3 Å². The van der Waals surface area contributed by atoms with Crippen molar-refractivity contribution in [3.63, 3.8) is 0 Å². The Morgan fingerprint density at radius 3 is 3.00 bits per heavy atom. The van der Waals surface area contributed by atoms with Crippen molar-refractivity contribution in [2.75, 3.05) is 0 Å². The van der Waals surface area contributed by atoms with Crippen LogP contribution in [-0.4, -0.2) is 16.9 Å². The Hall–Kier alpha value is -1.20. The van der Waals surface area contributed by atoms with Gasteiger partial charge in [0, 0.05) is 22.4 Å². The van der Waals surface area contributed by atoms with Crippen LogP contribution >= 0.6 is 22.7 Å². The van der Waals surface area contributed by atoms with Gasteiger partial charge in [0.1, 0.15) is 10.7 Å². The first-order valence-electron chi connectivity index (χ1n) is 5.99.